The Balaban J connectivity index is 1.90. The third-order valence-corrected chi connectivity index (χ3v) is 7.01. The highest BCUT2D eigenvalue weighted by molar-refractivity contribution is 7.88. The Hall–Kier alpha value is -0.660. The van der Waals surface area contributed by atoms with Gasteiger partial charge in [0.2, 0.25) is 15.9 Å². The third-order valence-electron chi connectivity index (χ3n) is 5.71. The van der Waals surface area contributed by atoms with Gasteiger partial charge in [-0.25, -0.2) is 12.7 Å². The molecule has 1 saturated carbocycles. The lowest BCUT2D eigenvalue weighted by Gasteiger charge is -2.40. The van der Waals surface area contributed by atoms with Gasteiger partial charge in [-0.1, -0.05) is 19.3 Å². The van der Waals surface area contributed by atoms with Crippen LogP contribution in [0.3, 0.4) is 0 Å². The number of rotatable bonds is 5. The number of hydrogen-bond acceptors (Lipinski definition) is 4. The molecule has 1 aliphatic carbocycles. The fourth-order valence-electron chi connectivity index (χ4n) is 3.97. The SMILES string of the molecule is CN(C(=O)CC1(CN)CCCCC1)C1CCN(S(C)(=O)=O)CC1. The van der Waals surface area contributed by atoms with Gasteiger partial charge in [-0.15, -0.1) is 0 Å². The Labute approximate surface area is 140 Å². The van der Waals surface area contributed by atoms with Crippen molar-refractivity contribution in [2.75, 3.05) is 32.9 Å². The molecule has 2 fully saturated rings. The molecule has 7 heteroatoms. The molecule has 1 aliphatic heterocycles. The van der Waals surface area contributed by atoms with Crippen molar-refractivity contribution in [3.8, 4) is 0 Å². The van der Waals surface area contributed by atoms with Crippen LogP contribution in [0, 0.1) is 5.41 Å². The topological polar surface area (TPSA) is 83.7 Å². The molecule has 0 aromatic rings. The molecule has 2 rings (SSSR count). The van der Waals surface area contributed by atoms with E-state index in [-0.39, 0.29) is 17.4 Å². The Kier molecular flexibility index (Phi) is 6.08. The fraction of sp³-hybridized carbons (Fsp3) is 0.938. The monoisotopic (exact) mass is 345 g/mol. The van der Waals surface area contributed by atoms with Gasteiger partial charge in [0, 0.05) is 32.6 Å². The smallest absolute Gasteiger partial charge is 0.223 e. The summed E-state index contributed by atoms with van der Waals surface area (Å²) in [6.07, 6.45) is 8.89. The van der Waals surface area contributed by atoms with E-state index in [2.05, 4.69) is 0 Å². The van der Waals surface area contributed by atoms with Crippen LogP contribution in [0.1, 0.15) is 51.4 Å². The number of carbonyl (C=O) groups is 1. The van der Waals surface area contributed by atoms with Gasteiger partial charge in [-0.3, -0.25) is 4.79 Å². The maximum Gasteiger partial charge on any atom is 0.223 e. The van der Waals surface area contributed by atoms with E-state index in [4.69, 9.17) is 5.73 Å². The number of nitrogens with zero attached hydrogens (tertiary/aromatic N) is 2. The van der Waals surface area contributed by atoms with E-state index in [0.717, 1.165) is 12.8 Å². The normalized spacial score (nSPS) is 23.6. The van der Waals surface area contributed by atoms with E-state index in [1.165, 1.54) is 29.8 Å². The van der Waals surface area contributed by atoms with Crippen molar-refractivity contribution in [1.29, 1.82) is 0 Å². The van der Waals surface area contributed by atoms with E-state index in [0.29, 0.717) is 38.9 Å². The minimum atomic E-state index is -3.12. The Morgan fingerprint density at radius 3 is 2.26 bits per heavy atom. The molecule has 2 aliphatic rings. The van der Waals surface area contributed by atoms with Gasteiger partial charge in [0.25, 0.3) is 0 Å². The van der Waals surface area contributed by atoms with Crippen LogP contribution in [0.25, 0.3) is 0 Å². The zero-order chi connectivity index (χ0) is 17.1. The highest BCUT2D eigenvalue weighted by Gasteiger charge is 2.36. The summed E-state index contributed by atoms with van der Waals surface area (Å²) in [4.78, 5) is 14.5. The molecule has 0 radical (unpaired) electrons. The molecular formula is C16H31N3O3S. The second kappa shape index (κ2) is 7.49. The summed E-state index contributed by atoms with van der Waals surface area (Å²) in [5.41, 5.74) is 5.97. The van der Waals surface area contributed by atoms with Crippen molar-refractivity contribution >= 4 is 15.9 Å². The quantitative estimate of drug-likeness (QED) is 0.811. The summed E-state index contributed by atoms with van der Waals surface area (Å²) in [6.45, 7) is 1.59. The maximum atomic E-state index is 12.7. The number of nitrogens with two attached hydrogens (primary N) is 1. The second-order valence-corrected chi connectivity index (χ2v) is 9.32. The summed E-state index contributed by atoms with van der Waals surface area (Å²) in [5, 5.41) is 0. The van der Waals surface area contributed by atoms with Gasteiger partial charge < -0.3 is 10.6 Å². The first-order valence-electron chi connectivity index (χ1n) is 8.68. The molecule has 0 atom stereocenters. The summed E-state index contributed by atoms with van der Waals surface area (Å²) in [5.74, 6) is 0.162. The number of carbonyl (C=O) groups excluding carboxylic acids is 1. The largest absolute Gasteiger partial charge is 0.343 e. The number of hydrogen-bond donors (Lipinski definition) is 1. The van der Waals surface area contributed by atoms with Crippen molar-refractivity contribution < 1.29 is 13.2 Å². The lowest BCUT2D eigenvalue weighted by Crippen LogP contribution is -2.48. The van der Waals surface area contributed by atoms with Crippen molar-refractivity contribution in [2.24, 2.45) is 11.1 Å². The van der Waals surface area contributed by atoms with Crippen molar-refractivity contribution in [3.05, 3.63) is 0 Å². The molecular weight excluding hydrogens is 314 g/mol. The van der Waals surface area contributed by atoms with E-state index >= 15 is 0 Å². The number of amides is 1. The van der Waals surface area contributed by atoms with Crippen LogP contribution in [-0.2, 0) is 14.8 Å². The third kappa shape index (κ3) is 4.67. The first-order valence-corrected chi connectivity index (χ1v) is 10.5. The predicted molar refractivity (Wildman–Crippen MR) is 91.4 cm³/mol. The first kappa shape index (κ1) is 18.7. The summed E-state index contributed by atoms with van der Waals surface area (Å²) in [7, 11) is -1.26. The van der Waals surface area contributed by atoms with Crippen LogP contribution < -0.4 is 5.73 Å². The van der Waals surface area contributed by atoms with Crippen molar-refractivity contribution in [2.45, 2.75) is 57.4 Å². The first-order chi connectivity index (χ1) is 10.8. The molecule has 0 aromatic carbocycles. The standard InChI is InChI=1S/C16H31N3O3S/c1-18(14-6-10-19(11-7-14)23(2,21)22)15(20)12-16(13-17)8-4-3-5-9-16/h14H,3-13,17H2,1-2H3. The Morgan fingerprint density at radius 1 is 1.22 bits per heavy atom. The Bertz CT molecular complexity index is 507. The van der Waals surface area contributed by atoms with Gasteiger partial charge in [-0.05, 0) is 37.6 Å². The van der Waals surface area contributed by atoms with Crippen molar-refractivity contribution in [3.63, 3.8) is 0 Å². The highest BCUT2D eigenvalue weighted by Crippen LogP contribution is 2.39. The van der Waals surface area contributed by atoms with E-state index in [9.17, 15) is 13.2 Å². The van der Waals surface area contributed by atoms with E-state index in [1.54, 1.807) is 0 Å². The molecule has 1 saturated heterocycles. The molecule has 1 heterocycles. The van der Waals surface area contributed by atoms with Gasteiger partial charge in [0.1, 0.15) is 0 Å². The summed E-state index contributed by atoms with van der Waals surface area (Å²) >= 11 is 0. The van der Waals surface area contributed by atoms with Crippen LogP contribution in [0.2, 0.25) is 0 Å². The Morgan fingerprint density at radius 2 is 1.78 bits per heavy atom. The molecule has 1 amide bonds. The lowest BCUT2D eigenvalue weighted by atomic mass is 9.71. The molecule has 2 N–H and O–H groups in total. The van der Waals surface area contributed by atoms with Crippen molar-refractivity contribution in [1.82, 2.24) is 9.21 Å². The molecule has 23 heavy (non-hydrogen) atoms. The molecule has 0 spiro atoms. The molecule has 6 nitrogen and oxygen atoms in total. The number of piperidine rings is 1. The van der Waals surface area contributed by atoms with E-state index in [1.807, 2.05) is 11.9 Å². The predicted octanol–water partition coefficient (Wildman–Crippen LogP) is 1.17. The van der Waals surface area contributed by atoms with Crippen LogP contribution in [0.5, 0.6) is 0 Å². The number of sulfonamides is 1. The van der Waals surface area contributed by atoms with Crippen LogP contribution in [0.15, 0.2) is 0 Å². The minimum Gasteiger partial charge on any atom is -0.343 e. The minimum absolute atomic E-state index is 0.0168. The molecule has 0 unspecified atom stereocenters. The maximum absolute atomic E-state index is 12.7. The van der Waals surface area contributed by atoms with Crippen LogP contribution >= 0.6 is 0 Å². The molecule has 134 valence electrons. The second-order valence-electron chi connectivity index (χ2n) is 7.34. The van der Waals surface area contributed by atoms with Crippen LogP contribution in [-0.4, -0.2) is 62.5 Å². The van der Waals surface area contributed by atoms with E-state index < -0.39 is 10.0 Å². The average molecular weight is 346 g/mol. The molecule has 0 bridgehead atoms. The van der Waals surface area contributed by atoms with Gasteiger partial charge in [-0.2, -0.15) is 0 Å². The lowest BCUT2D eigenvalue weighted by molar-refractivity contribution is -0.135. The zero-order valence-electron chi connectivity index (χ0n) is 14.5. The molecule has 0 aromatic heterocycles. The van der Waals surface area contributed by atoms with Crippen LogP contribution in [0.4, 0.5) is 0 Å². The highest BCUT2D eigenvalue weighted by atomic mass is 32.2. The van der Waals surface area contributed by atoms with Gasteiger partial charge in [0.05, 0.1) is 6.26 Å². The summed E-state index contributed by atoms with van der Waals surface area (Å²) < 4.78 is 24.6. The van der Waals surface area contributed by atoms with Gasteiger partial charge in [0.15, 0.2) is 0 Å². The fourth-order valence-corrected chi connectivity index (χ4v) is 4.84. The zero-order valence-corrected chi connectivity index (χ0v) is 15.3. The van der Waals surface area contributed by atoms with Gasteiger partial charge >= 0.3 is 0 Å². The average Bonchev–Trinajstić information content (AvgIpc) is 2.54. The summed E-state index contributed by atoms with van der Waals surface area (Å²) in [6, 6.07) is 0.138.